The van der Waals surface area contributed by atoms with Crippen molar-refractivity contribution in [2.24, 2.45) is 5.92 Å². The number of anilines is 1. The Labute approximate surface area is 234 Å². The maximum atomic E-state index is 14.3. The van der Waals surface area contributed by atoms with E-state index >= 15 is 0 Å². The SMILES string of the molecule is CCCN(C(=O)C(NC(=O)OC(C)(C)C)C(C)CC)C(C(=O)Nc1c(C)cccc1C)c1ccc(C)cc1C. The number of hydrogen-bond acceptors (Lipinski definition) is 4. The predicted molar refractivity (Wildman–Crippen MR) is 158 cm³/mol. The third-order valence-electron chi connectivity index (χ3n) is 6.91. The third-order valence-corrected chi connectivity index (χ3v) is 6.91. The summed E-state index contributed by atoms with van der Waals surface area (Å²) in [6.45, 7) is 19.4. The molecule has 7 nitrogen and oxygen atoms in total. The van der Waals surface area contributed by atoms with Gasteiger partial charge in [0.15, 0.2) is 0 Å². The largest absolute Gasteiger partial charge is 0.444 e. The predicted octanol–water partition coefficient (Wildman–Crippen LogP) is 6.78. The minimum atomic E-state index is -0.885. The zero-order valence-corrected chi connectivity index (χ0v) is 25.4. The Kier molecular flexibility index (Phi) is 11.1. The molecule has 2 aromatic rings. The highest BCUT2D eigenvalue weighted by Crippen LogP contribution is 2.30. The van der Waals surface area contributed by atoms with Crippen LogP contribution in [0.1, 0.15) is 88.2 Å². The summed E-state index contributed by atoms with van der Waals surface area (Å²) in [6.07, 6.45) is 0.652. The number of ether oxygens (including phenoxy) is 1. The van der Waals surface area contributed by atoms with Crippen LogP contribution >= 0.6 is 0 Å². The summed E-state index contributed by atoms with van der Waals surface area (Å²) in [4.78, 5) is 42.8. The Morgan fingerprint density at radius 3 is 2.08 bits per heavy atom. The number of amides is 3. The summed E-state index contributed by atoms with van der Waals surface area (Å²) in [5.41, 5.74) is 4.68. The van der Waals surface area contributed by atoms with E-state index in [0.29, 0.717) is 19.4 Å². The Bertz CT molecular complexity index is 1150. The quantitative estimate of drug-likeness (QED) is 0.350. The van der Waals surface area contributed by atoms with Crippen LogP contribution in [0.4, 0.5) is 10.5 Å². The molecule has 0 fully saturated rings. The lowest BCUT2D eigenvalue weighted by atomic mass is 9.93. The number of nitrogens with one attached hydrogen (secondary N) is 2. The number of hydrogen-bond donors (Lipinski definition) is 2. The smallest absolute Gasteiger partial charge is 0.408 e. The van der Waals surface area contributed by atoms with Gasteiger partial charge in [0.1, 0.15) is 17.7 Å². The van der Waals surface area contributed by atoms with Crippen LogP contribution in [-0.4, -0.2) is 41.0 Å². The van der Waals surface area contributed by atoms with Crippen LogP contribution in [0.15, 0.2) is 36.4 Å². The van der Waals surface area contributed by atoms with E-state index in [9.17, 15) is 14.4 Å². The van der Waals surface area contributed by atoms with Crippen LogP contribution in [-0.2, 0) is 14.3 Å². The lowest BCUT2D eigenvalue weighted by molar-refractivity contribution is -0.142. The number of benzene rings is 2. The highest BCUT2D eigenvalue weighted by Gasteiger charge is 2.38. The van der Waals surface area contributed by atoms with Crippen molar-refractivity contribution >= 4 is 23.6 Å². The molecule has 0 aromatic heterocycles. The Morgan fingerprint density at radius 2 is 1.56 bits per heavy atom. The summed E-state index contributed by atoms with van der Waals surface area (Å²) in [7, 11) is 0. The molecule has 0 spiro atoms. The molecule has 0 saturated carbocycles. The maximum absolute atomic E-state index is 14.3. The van der Waals surface area contributed by atoms with Gasteiger partial charge in [0.2, 0.25) is 5.91 Å². The van der Waals surface area contributed by atoms with Crippen LogP contribution in [0.3, 0.4) is 0 Å². The molecule has 7 heteroatoms. The normalized spacial score (nSPS) is 13.7. The minimum absolute atomic E-state index is 0.175. The highest BCUT2D eigenvalue weighted by atomic mass is 16.6. The number of alkyl carbamates (subject to hydrolysis) is 1. The molecule has 0 saturated heterocycles. The fourth-order valence-corrected chi connectivity index (χ4v) is 4.69. The van der Waals surface area contributed by atoms with Crippen molar-refractivity contribution in [2.45, 2.75) is 99.8 Å². The molecule has 3 amide bonds. The lowest BCUT2D eigenvalue weighted by Gasteiger charge is -2.36. The molecule has 2 aromatic carbocycles. The van der Waals surface area contributed by atoms with Gasteiger partial charge < -0.3 is 20.3 Å². The van der Waals surface area contributed by atoms with Crippen LogP contribution in [0, 0.1) is 33.6 Å². The van der Waals surface area contributed by atoms with Crippen molar-refractivity contribution in [1.82, 2.24) is 10.2 Å². The Hall–Kier alpha value is -3.35. The van der Waals surface area contributed by atoms with Gasteiger partial charge >= 0.3 is 6.09 Å². The summed E-state index contributed by atoms with van der Waals surface area (Å²) < 4.78 is 5.48. The van der Waals surface area contributed by atoms with Gasteiger partial charge in [-0.15, -0.1) is 0 Å². The molecule has 0 heterocycles. The monoisotopic (exact) mass is 537 g/mol. The van der Waals surface area contributed by atoms with Gasteiger partial charge in [-0.2, -0.15) is 0 Å². The molecule has 3 unspecified atom stereocenters. The standard InChI is InChI=1S/C32H47N3O4/c1-11-18-35(30(37)27(21(4)12-2)34-31(38)39-32(8,9)10)28(25-17-16-20(3)19-24(25)7)29(36)33-26-22(5)14-13-15-23(26)6/h13-17,19,21,27-28H,11-12,18H2,1-10H3,(H,33,36)(H,34,38). The second-order valence-electron chi connectivity index (χ2n) is 11.6. The van der Waals surface area contributed by atoms with Crippen LogP contribution in [0.5, 0.6) is 0 Å². The van der Waals surface area contributed by atoms with Crippen molar-refractivity contribution in [3.05, 3.63) is 64.2 Å². The molecule has 2 rings (SSSR count). The van der Waals surface area contributed by atoms with E-state index in [1.54, 1.807) is 25.7 Å². The van der Waals surface area contributed by atoms with E-state index in [1.165, 1.54) is 0 Å². The molecule has 0 radical (unpaired) electrons. The first-order chi connectivity index (χ1) is 18.2. The Balaban J connectivity index is 2.61. The van der Waals surface area contributed by atoms with Crippen molar-refractivity contribution in [2.75, 3.05) is 11.9 Å². The first kappa shape index (κ1) is 31.9. The molecule has 2 N–H and O–H groups in total. The molecule has 0 aliphatic heterocycles. The van der Waals surface area contributed by atoms with Gasteiger partial charge in [-0.25, -0.2) is 4.79 Å². The molecule has 39 heavy (non-hydrogen) atoms. The highest BCUT2D eigenvalue weighted by molar-refractivity contribution is 6.00. The number of aryl methyl sites for hydroxylation is 4. The van der Waals surface area contributed by atoms with Gasteiger partial charge in [0, 0.05) is 12.2 Å². The van der Waals surface area contributed by atoms with E-state index in [2.05, 4.69) is 10.6 Å². The van der Waals surface area contributed by atoms with E-state index in [1.807, 2.05) is 84.9 Å². The summed E-state index contributed by atoms with van der Waals surface area (Å²) in [5, 5.41) is 5.94. The van der Waals surface area contributed by atoms with E-state index in [0.717, 1.165) is 33.5 Å². The van der Waals surface area contributed by atoms with Crippen LogP contribution in [0.2, 0.25) is 0 Å². The van der Waals surface area contributed by atoms with E-state index in [4.69, 9.17) is 4.74 Å². The third kappa shape index (κ3) is 8.57. The fourth-order valence-electron chi connectivity index (χ4n) is 4.69. The molecule has 0 aliphatic rings. The topological polar surface area (TPSA) is 87.7 Å². The summed E-state index contributed by atoms with van der Waals surface area (Å²) in [6, 6.07) is 10.0. The zero-order valence-electron chi connectivity index (χ0n) is 25.4. The minimum Gasteiger partial charge on any atom is -0.444 e. The fraction of sp³-hybridized carbons (Fsp3) is 0.531. The number of rotatable bonds is 10. The summed E-state index contributed by atoms with van der Waals surface area (Å²) >= 11 is 0. The first-order valence-electron chi connectivity index (χ1n) is 13.9. The first-order valence-corrected chi connectivity index (χ1v) is 13.9. The Morgan fingerprint density at radius 1 is 0.949 bits per heavy atom. The van der Waals surface area contributed by atoms with Gasteiger partial charge in [-0.05, 0) is 83.1 Å². The van der Waals surface area contributed by atoms with Crippen molar-refractivity contribution in [3.8, 4) is 0 Å². The molecule has 0 aliphatic carbocycles. The molecular formula is C32H47N3O4. The number of carbonyl (C=O) groups excluding carboxylic acids is 3. The second-order valence-corrected chi connectivity index (χ2v) is 11.6. The molecule has 214 valence electrons. The molecular weight excluding hydrogens is 490 g/mol. The van der Waals surface area contributed by atoms with Gasteiger partial charge in [0.25, 0.3) is 5.91 Å². The zero-order chi connectivity index (χ0) is 29.5. The number of carbonyl (C=O) groups is 3. The van der Waals surface area contributed by atoms with E-state index < -0.39 is 23.8 Å². The number of nitrogens with zero attached hydrogens (tertiary/aromatic N) is 1. The molecule has 0 bridgehead atoms. The van der Waals surface area contributed by atoms with E-state index in [-0.39, 0.29) is 17.7 Å². The van der Waals surface area contributed by atoms with Gasteiger partial charge in [-0.1, -0.05) is 69.2 Å². The average molecular weight is 538 g/mol. The summed E-state index contributed by atoms with van der Waals surface area (Å²) in [5.74, 6) is -0.772. The van der Waals surface area contributed by atoms with Crippen molar-refractivity contribution in [3.63, 3.8) is 0 Å². The van der Waals surface area contributed by atoms with Crippen LogP contribution in [0.25, 0.3) is 0 Å². The molecule has 3 atom stereocenters. The van der Waals surface area contributed by atoms with Crippen LogP contribution < -0.4 is 10.6 Å². The van der Waals surface area contributed by atoms with Crippen molar-refractivity contribution in [1.29, 1.82) is 0 Å². The second kappa shape index (κ2) is 13.6. The maximum Gasteiger partial charge on any atom is 0.408 e. The van der Waals surface area contributed by atoms with Crippen molar-refractivity contribution < 1.29 is 19.1 Å². The average Bonchev–Trinajstić information content (AvgIpc) is 2.83. The number of para-hydroxylation sites is 1. The lowest BCUT2D eigenvalue weighted by Crippen LogP contribution is -2.55. The van der Waals surface area contributed by atoms with Gasteiger partial charge in [-0.3, -0.25) is 9.59 Å². The van der Waals surface area contributed by atoms with Gasteiger partial charge in [0.05, 0.1) is 0 Å².